The summed E-state index contributed by atoms with van der Waals surface area (Å²) in [4.78, 5) is 18.3. The molecular formula is C27H38FN7O. The minimum atomic E-state index is -0.302. The van der Waals surface area contributed by atoms with E-state index in [0.29, 0.717) is 43.9 Å². The van der Waals surface area contributed by atoms with Crippen LogP contribution in [0.5, 0.6) is 0 Å². The number of benzene rings is 1. The summed E-state index contributed by atoms with van der Waals surface area (Å²) in [6.45, 7) is 9.12. The molecule has 0 unspecified atom stereocenters. The minimum absolute atomic E-state index is 0.302. The highest BCUT2D eigenvalue weighted by Gasteiger charge is 2.28. The van der Waals surface area contributed by atoms with Gasteiger partial charge in [0.1, 0.15) is 0 Å². The molecule has 4 aliphatic rings. The molecule has 1 aromatic heterocycles. The Hall–Kier alpha value is -2.65. The molecule has 1 N–H and O–H groups in total. The van der Waals surface area contributed by atoms with Crippen molar-refractivity contribution < 1.29 is 9.13 Å². The van der Waals surface area contributed by atoms with Gasteiger partial charge >= 0.3 is 0 Å². The maximum atomic E-state index is 15.7. The number of anilines is 4. The first-order valence-corrected chi connectivity index (χ1v) is 13.7. The number of halogens is 1. The number of hydrogen-bond acceptors (Lipinski definition) is 8. The van der Waals surface area contributed by atoms with Crippen LogP contribution in [0, 0.1) is 5.82 Å². The Morgan fingerprint density at radius 1 is 0.722 bits per heavy atom. The maximum Gasteiger partial charge on any atom is 0.229 e. The van der Waals surface area contributed by atoms with Gasteiger partial charge in [-0.15, -0.1) is 0 Å². The summed E-state index contributed by atoms with van der Waals surface area (Å²) >= 11 is 0. The molecule has 0 radical (unpaired) electrons. The zero-order chi connectivity index (χ0) is 24.3. The average Bonchev–Trinajstić information content (AvgIpc) is 3.50. The van der Waals surface area contributed by atoms with E-state index in [-0.39, 0.29) is 5.82 Å². The van der Waals surface area contributed by atoms with Crippen molar-refractivity contribution >= 4 is 23.3 Å². The van der Waals surface area contributed by atoms with Gasteiger partial charge in [-0.2, -0.15) is 14.4 Å². The van der Waals surface area contributed by atoms with Crippen LogP contribution < -0.4 is 24.9 Å². The molecule has 4 fully saturated rings. The van der Waals surface area contributed by atoms with Crippen molar-refractivity contribution in [3.05, 3.63) is 35.6 Å². The van der Waals surface area contributed by atoms with E-state index in [2.05, 4.69) is 44.3 Å². The van der Waals surface area contributed by atoms with Gasteiger partial charge in [0.2, 0.25) is 11.8 Å². The first kappa shape index (κ1) is 23.7. The number of hydrogen-bond donors (Lipinski definition) is 1. The van der Waals surface area contributed by atoms with E-state index < -0.39 is 0 Å². The first-order chi connectivity index (χ1) is 17.8. The third-order valence-electron chi connectivity index (χ3n) is 8.18. The molecule has 6 rings (SSSR count). The van der Waals surface area contributed by atoms with Crippen LogP contribution >= 0.6 is 0 Å². The van der Waals surface area contributed by atoms with E-state index in [1.54, 1.807) is 0 Å². The maximum absolute atomic E-state index is 15.7. The van der Waals surface area contributed by atoms with Crippen molar-refractivity contribution in [3.8, 4) is 0 Å². The molecule has 1 aromatic carbocycles. The monoisotopic (exact) mass is 495 g/mol. The lowest BCUT2D eigenvalue weighted by Crippen LogP contribution is -2.48. The van der Waals surface area contributed by atoms with Gasteiger partial charge in [0.25, 0.3) is 0 Å². The van der Waals surface area contributed by atoms with Gasteiger partial charge in [-0.25, -0.2) is 0 Å². The fraction of sp³-hybridized carbons (Fsp3) is 0.630. The molecule has 0 spiro atoms. The minimum Gasteiger partial charge on any atom is -0.378 e. The van der Waals surface area contributed by atoms with Gasteiger partial charge in [-0.3, -0.25) is 0 Å². The lowest BCUT2D eigenvalue weighted by atomic mass is 9.97. The molecule has 3 aliphatic heterocycles. The van der Waals surface area contributed by atoms with Gasteiger partial charge in [-0.05, 0) is 36.5 Å². The summed E-state index contributed by atoms with van der Waals surface area (Å²) in [5.41, 5.74) is 2.78. The van der Waals surface area contributed by atoms with Crippen molar-refractivity contribution in [2.75, 3.05) is 98.3 Å². The summed E-state index contributed by atoms with van der Waals surface area (Å²) in [5, 5.41) is 3.35. The summed E-state index contributed by atoms with van der Waals surface area (Å²) < 4.78 is 21.2. The molecule has 194 valence electrons. The Kier molecular flexibility index (Phi) is 7.10. The van der Waals surface area contributed by atoms with E-state index in [4.69, 9.17) is 14.7 Å². The number of piperazine rings is 2. The van der Waals surface area contributed by atoms with Crippen LogP contribution in [0.25, 0.3) is 0 Å². The van der Waals surface area contributed by atoms with Crippen LogP contribution in [-0.2, 0) is 4.74 Å². The molecule has 0 amide bonds. The Labute approximate surface area is 213 Å². The largest absolute Gasteiger partial charge is 0.378 e. The first-order valence-electron chi connectivity index (χ1n) is 13.7. The molecule has 3 saturated heterocycles. The topological polar surface area (TPSA) is 60.0 Å². The van der Waals surface area contributed by atoms with E-state index in [1.807, 2.05) is 4.90 Å². The molecular weight excluding hydrogens is 457 g/mol. The molecule has 9 heteroatoms. The predicted octanol–water partition coefficient (Wildman–Crippen LogP) is 2.85. The van der Waals surface area contributed by atoms with Crippen molar-refractivity contribution in [2.45, 2.75) is 31.6 Å². The average molecular weight is 496 g/mol. The lowest BCUT2D eigenvalue weighted by Gasteiger charge is -2.38. The number of morpholine rings is 1. The van der Waals surface area contributed by atoms with Gasteiger partial charge in [0.05, 0.1) is 13.2 Å². The SMILES string of the molecule is Fc1c(N2CCNCC2)nc(N2CCN(c3ccc(C4CCCC4)cc3)CC2)nc1N1CCOCC1. The van der Waals surface area contributed by atoms with Crippen molar-refractivity contribution in [2.24, 2.45) is 0 Å². The molecule has 36 heavy (non-hydrogen) atoms. The van der Waals surface area contributed by atoms with E-state index in [1.165, 1.54) is 36.9 Å². The number of nitrogens with zero attached hydrogens (tertiary/aromatic N) is 6. The molecule has 4 heterocycles. The third kappa shape index (κ3) is 4.95. The Morgan fingerprint density at radius 3 is 1.94 bits per heavy atom. The molecule has 0 bridgehead atoms. The highest BCUT2D eigenvalue weighted by atomic mass is 19.1. The number of nitrogens with one attached hydrogen (secondary N) is 1. The van der Waals surface area contributed by atoms with Crippen LogP contribution in [0.1, 0.15) is 37.2 Å². The normalized spacial score (nSPS) is 21.9. The van der Waals surface area contributed by atoms with Crippen LogP contribution in [0.15, 0.2) is 24.3 Å². The van der Waals surface area contributed by atoms with E-state index in [9.17, 15) is 0 Å². The molecule has 1 saturated carbocycles. The second-order valence-electron chi connectivity index (χ2n) is 10.4. The number of rotatable bonds is 5. The van der Waals surface area contributed by atoms with E-state index >= 15 is 4.39 Å². The fourth-order valence-electron chi connectivity index (χ4n) is 6.01. The standard InChI is InChI=1S/C27H38FN7O/c28-24-25(33-11-9-29-10-12-33)30-27(31-26(24)34-17-19-36-20-18-34)35-15-13-32(14-16-35)23-7-5-22(6-8-23)21-3-1-2-4-21/h5-8,21,29H,1-4,9-20H2. The second kappa shape index (κ2) is 10.8. The quantitative estimate of drug-likeness (QED) is 0.680. The second-order valence-corrected chi connectivity index (χ2v) is 10.4. The summed E-state index contributed by atoms with van der Waals surface area (Å²) in [5.74, 6) is 1.94. The van der Waals surface area contributed by atoms with Crippen molar-refractivity contribution in [1.82, 2.24) is 15.3 Å². The molecule has 2 aromatic rings. The van der Waals surface area contributed by atoms with Crippen LogP contribution in [0.4, 0.5) is 27.7 Å². The van der Waals surface area contributed by atoms with Crippen molar-refractivity contribution in [3.63, 3.8) is 0 Å². The summed E-state index contributed by atoms with van der Waals surface area (Å²) in [7, 11) is 0. The zero-order valence-electron chi connectivity index (χ0n) is 21.2. The molecule has 0 atom stereocenters. The van der Waals surface area contributed by atoms with Crippen LogP contribution in [0.3, 0.4) is 0 Å². The highest BCUT2D eigenvalue weighted by molar-refractivity contribution is 5.58. The number of ether oxygens (including phenoxy) is 1. The number of aromatic nitrogens is 2. The lowest BCUT2D eigenvalue weighted by molar-refractivity contribution is 0.122. The molecule has 1 aliphatic carbocycles. The fourth-order valence-corrected chi connectivity index (χ4v) is 6.01. The molecule has 8 nitrogen and oxygen atoms in total. The smallest absolute Gasteiger partial charge is 0.229 e. The van der Waals surface area contributed by atoms with Gasteiger partial charge in [0, 0.05) is 71.1 Å². The summed E-state index contributed by atoms with van der Waals surface area (Å²) in [6.07, 6.45) is 5.39. The van der Waals surface area contributed by atoms with Crippen LogP contribution in [0.2, 0.25) is 0 Å². The zero-order valence-corrected chi connectivity index (χ0v) is 21.2. The van der Waals surface area contributed by atoms with Crippen molar-refractivity contribution in [1.29, 1.82) is 0 Å². The Bertz CT molecular complexity index is 970. The van der Waals surface area contributed by atoms with Gasteiger partial charge in [0.15, 0.2) is 11.6 Å². The van der Waals surface area contributed by atoms with Gasteiger partial charge in [-0.1, -0.05) is 25.0 Å². The Balaban J connectivity index is 1.19. The third-order valence-corrected chi connectivity index (χ3v) is 8.18. The Morgan fingerprint density at radius 2 is 1.31 bits per heavy atom. The highest BCUT2D eigenvalue weighted by Crippen LogP contribution is 2.35. The predicted molar refractivity (Wildman–Crippen MR) is 142 cm³/mol. The van der Waals surface area contributed by atoms with Gasteiger partial charge < -0.3 is 29.7 Å². The van der Waals surface area contributed by atoms with Crippen LogP contribution in [-0.4, -0.2) is 88.6 Å². The van der Waals surface area contributed by atoms with E-state index in [0.717, 1.165) is 58.3 Å². The summed E-state index contributed by atoms with van der Waals surface area (Å²) in [6, 6.07) is 9.23.